The Balaban J connectivity index is 1.70. The van der Waals surface area contributed by atoms with E-state index in [0.717, 1.165) is 22.5 Å². The Morgan fingerprint density at radius 3 is 2.20 bits per heavy atom. The second-order valence-corrected chi connectivity index (χ2v) is 7.63. The molecule has 5 nitrogen and oxygen atoms in total. The SMILES string of the molecule is CC(C)Oc1ccc(-c2ccc3ncc(-c4ccc(OC(C)C)nc4F)n3c2)cc1. The molecule has 1 aromatic carbocycles. The van der Waals surface area contributed by atoms with Crippen molar-refractivity contribution < 1.29 is 13.9 Å². The second kappa shape index (κ2) is 8.14. The lowest BCUT2D eigenvalue weighted by molar-refractivity contribution is 0.230. The van der Waals surface area contributed by atoms with Crippen molar-refractivity contribution in [3.8, 4) is 34.0 Å². The number of hydrogen-bond donors (Lipinski definition) is 0. The Labute approximate surface area is 175 Å². The molecular weight excluding hydrogens is 381 g/mol. The molecule has 0 aliphatic carbocycles. The number of hydrogen-bond acceptors (Lipinski definition) is 4. The molecule has 30 heavy (non-hydrogen) atoms. The van der Waals surface area contributed by atoms with Gasteiger partial charge in [-0.25, -0.2) is 4.98 Å². The van der Waals surface area contributed by atoms with Gasteiger partial charge in [-0.1, -0.05) is 12.1 Å². The summed E-state index contributed by atoms with van der Waals surface area (Å²) >= 11 is 0. The Kier molecular flexibility index (Phi) is 5.40. The Hall–Kier alpha value is -3.41. The minimum absolute atomic E-state index is 0.0709. The molecule has 0 fully saturated rings. The van der Waals surface area contributed by atoms with Crippen molar-refractivity contribution in [2.75, 3.05) is 0 Å². The average Bonchev–Trinajstić information content (AvgIpc) is 3.11. The monoisotopic (exact) mass is 405 g/mol. The molecular formula is C24H24FN3O2. The van der Waals surface area contributed by atoms with Crippen LogP contribution >= 0.6 is 0 Å². The molecule has 3 aromatic heterocycles. The molecule has 0 aliphatic heterocycles. The van der Waals surface area contributed by atoms with Gasteiger partial charge >= 0.3 is 0 Å². The van der Waals surface area contributed by atoms with E-state index >= 15 is 0 Å². The lowest BCUT2D eigenvalue weighted by atomic mass is 10.1. The zero-order valence-corrected chi connectivity index (χ0v) is 17.5. The van der Waals surface area contributed by atoms with Crippen molar-refractivity contribution in [1.29, 1.82) is 0 Å². The fourth-order valence-electron chi connectivity index (χ4n) is 3.26. The van der Waals surface area contributed by atoms with E-state index in [-0.39, 0.29) is 18.1 Å². The second-order valence-electron chi connectivity index (χ2n) is 7.63. The van der Waals surface area contributed by atoms with Gasteiger partial charge in [-0.3, -0.25) is 4.40 Å². The van der Waals surface area contributed by atoms with Crippen LogP contribution in [0.3, 0.4) is 0 Å². The Morgan fingerprint density at radius 1 is 0.833 bits per heavy atom. The smallest absolute Gasteiger partial charge is 0.225 e. The summed E-state index contributed by atoms with van der Waals surface area (Å²) in [5.74, 6) is 0.509. The van der Waals surface area contributed by atoms with Gasteiger partial charge in [-0.15, -0.1) is 0 Å². The number of nitrogens with zero attached hydrogens (tertiary/aromatic N) is 3. The van der Waals surface area contributed by atoms with Gasteiger partial charge in [0, 0.05) is 12.3 Å². The first-order valence-electron chi connectivity index (χ1n) is 9.98. The molecule has 0 atom stereocenters. The summed E-state index contributed by atoms with van der Waals surface area (Å²) in [6.07, 6.45) is 3.66. The fraction of sp³-hybridized carbons (Fsp3) is 0.250. The van der Waals surface area contributed by atoms with Crippen molar-refractivity contribution in [2.24, 2.45) is 0 Å². The topological polar surface area (TPSA) is 48.7 Å². The van der Waals surface area contributed by atoms with Crippen LogP contribution in [0.1, 0.15) is 27.7 Å². The van der Waals surface area contributed by atoms with Crippen LogP contribution < -0.4 is 9.47 Å². The summed E-state index contributed by atoms with van der Waals surface area (Å²) in [6.45, 7) is 7.75. The predicted octanol–water partition coefficient (Wildman–Crippen LogP) is 5.78. The van der Waals surface area contributed by atoms with Crippen LogP contribution in [-0.2, 0) is 0 Å². The van der Waals surface area contributed by atoms with Crippen molar-refractivity contribution in [1.82, 2.24) is 14.4 Å². The summed E-state index contributed by atoms with van der Waals surface area (Å²) < 4.78 is 27.8. The number of pyridine rings is 2. The van der Waals surface area contributed by atoms with Gasteiger partial charge in [0.15, 0.2) is 0 Å². The first-order chi connectivity index (χ1) is 14.4. The molecule has 0 radical (unpaired) electrons. The van der Waals surface area contributed by atoms with Crippen LogP contribution in [-0.4, -0.2) is 26.6 Å². The van der Waals surface area contributed by atoms with Crippen molar-refractivity contribution in [2.45, 2.75) is 39.9 Å². The third-order valence-corrected chi connectivity index (χ3v) is 4.52. The lowest BCUT2D eigenvalue weighted by Gasteiger charge is -2.11. The fourth-order valence-corrected chi connectivity index (χ4v) is 3.26. The minimum Gasteiger partial charge on any atom is -0.491 e. The number of fused-ring (bicyclic) bond motifs is 1. The highest BCUT2D eigenvalue weighted by molar-refractivity contribution is 5.69. The molecule has 0 aliphatic rings. The van der Waals surface area contributed by atoms with Gasteiger partial charge in [0.2, 0.25) is 11.8 Å². The summed E-state index contributed by atoms with van der Waals surface area (Å²) in [4.78, 5) is 8.35. The summed E-state index contributed by atoms with van der Waals surface area (Å²) in [6, 6.07) is 15.2. The molecule has 3 heterocycles. The molecule has 154 valence electrons. The molecule has 0 N–H and O–H groups in total. The van der Waals surface area contributed by atoms with Gasteiger partial charge in [0.05, 0.1) is 29.7 Å². The number of imidazole rings is 1. The van der Waals surface area contributed by atoms with Crippen molar-refractivity contribution >= 4 is 5.65 Å². The van der Waals surface area contributed by atoms with E-state index in [1.54, 1.807) is 18.3 Å². The van der Waals surface area contributed by atoms with E-state index in [1.165, 1.54) is 0 Å². The first-order valence-corrected chi connectivity index (χ1v) is 9.98. The quantitative estimate of drug-likeness (QED) is 0.382. The van der Waals surface area contributed by atoms with Crippen LogP contribution in [0.4, 0.5) is 4.39 Å². The van der Waals surface area contributed by atoms with Crippen LogP contribution in [0.2, 0.25) is 0 Å². The molecule has 0 spiro atoms. The normalized spacial score (nSPS) is 11.4. The first kappa shape index (κ1) is 19.9. The summed E-state index contributed by atoms with van der Waals surface area (Å²) in [5.41, 5.74) is 3.76. The van der Waals surface area contributed by atoms with E-state index in [0.29, 0.717) is 11.3 Å². The van der Waals surface area contributed by atoms with Gasteiger partial charge in [0.25, 0.3) is 0 Å². The number of ether oxygens (including phenoxy) is 2. The highest BCUT2D eigenvalue weighted by Gasteiger charge is 2.14. The molecule has 0 saturated heterocycles. The molecule has 0 unspecified atom stereocenters. The molecule has 6 heteroatoms. The predicted molar refractivity (Wildman–Crippen MR) is 115 cm³/mol. The Morgan fingerprint density at radius 2 is 1.53 bits per heavy atom. The number of rotatable bonds is 6. The maximum Gasteiger partial charge on any atom is 0.225 e. The molecule has 0 saturated carbocycles. The molecule has 4 rings (SSSR count). The largest absolute Gasteiger partial charge is 0.491 e. The minimum atomic E-state index is -0.587. The van der Waals surface area contributed by atoms with E-state index in [2.05, 4.69) is 9.97 Å². The Bertz CT molecular complexity index is 1170. The highest BCUT2D eigenvalue weighted by Crippen LogP contribution is 2.28. The number of halogens is 1. The highest BCUT2D eigenvalue weighted by atomic mass is 19.1. The van der Waals surface area contributed by atoms with Gasteiger partial charge < -0.3 is 9.47 Å². The zero-order chi connectivity index (χ0) is 21.3. The average molecular weight is 405 g/mol. The third kappa shape index (κ3) is 4.13. The van der Waals surface area contributed by atoms with Gasteiger partial charge in [0.1, 0.15) is 11.4 Å². The van der Waals surface area contributed by atoms with Crippen LogP contribution in [0, 0.1) is 5.95 Å². The van der Waals surface area contributed by atoms with Gasteiger partial charge in [-0.2, -0.15) is 9.37 Å². The van der Waals surface area contributed by atoms with E-state index in [1.807, 2.05) is 74.7 Å². The van der Waals surface area contributed by atoms with Crippen LogP contribution in [0.5, 0.6) is 11.6 Å². The van der Waals surface area contributed by atoms with Crippen LogP contribution in [0.25, 0.3) is 28.0 Å². The van der Waals surface area contributed by atoms with Crippen molar-refractivity contribution in [3.05, 3.63) is 66.9 Å². The molecule has 0 amide bonds. The van der Waals surface area contributed by atoms with E-state index in [9.17, 15) is 4.39 Å². The van der Waals surface area contributed by atoms with Crippen molar-refractivity contribution in [3.63, 3.8) is 0 Å². The molecule has 0 bridgehead atoms. The van der Waals surface area contributed by atoms with E-state index in [4.69, 9.17) is 9.47 Å². The summed E-state index contributed by atoms with van der Waals surface area (Å²) in [7, 11) is 0. The maximum atomic E-state index is 14.7. The maximum absolute atomic E-state index is 14.7. The zero-order valence-electron chi connectivity index (χ0n) is 17.5. The number of benzene rings is 1. The van der Waals surface area contributed by atoms with Gasteiger partial charge in [-0.05, 0) is 69.2 Å². The summed E-state index contributed by atoms with van der Waals surface area (Å²) in [5, 5.41) is 0. The standard InChI is InChI=1S/C24H24FN3O2/c1-15(2)29-19-8-5-17(6-9-19)18-7-11-22-26-13-21(28(22)14-18)20-10-12-23(27-24(20)25)30-16(3)4/h5-16H,1-4H3. The molecule has 4 aromatic rings. The van der Waals surface area contributed by atoms with Crippen LogP contribution in [0.15, 0.2) is 60.9 Å². The lowest BCUT2D eigenvalue weighted by Crippen LogP contribution is -2.07. The number of aromatic nitrogens is 3. The third-order valence-electron chi connectivity index (χ3n) is 4.52. The van der Waals surface area contributed by atoms with E-state index < -0.39 is 5.95 Å².